The quantitative estimate of drug-likeness (QED) is 0.0435. The number of aliphatic hydroxyl groups is 2. The molecule has 1 aromatic heterocycles. The van der Waals surface area contributed by atoms with Crippen LogP contribution in [0.5, 0.6) is 23.0 Å². The maximum atomic E-state index is 15.3. The van der Waals surface area contributed by atoms with Gasteiger partial charge in [-0.15, -0.1) is 6.58 Å². The Morgan fingerprint density at radius 3 is 2.54 bits per heavy atom. The molecule has 1 saturated carbocycles. The number of sulfonamides is 1. The summed E-state index contributed by atoms with van der Waals surface area (Å²) in [5.41, 5.74) is 2.75. The number of rotatable bonds is 20. The van der Waals surface area contributed by atoms with Crippen molar-refractivity contribution >= 4 is 38.4 Å². The molecule has 4 aromatic rings. The molecule has 1 amide bonds. The molecule has 0 radical (unpaired) electrons. The molecule has 3 heterocycles. The van der Waals surface area contributed by atoms with Crippen molar-refractivity contribution in [3.63, 3.8) is 0 Å². The standard InChI is InChI=1S/C51H62N4O12S/c1-5-27-64-51-45(55(2)68(59,60)44-18-12-15-33-16-13-24-52-49(33)44)32-41(54-67-46-19-8-11-28-63-46)38-29-34(14-6-9-25-56)37(17-7-10-26-57)47(48(38)51)39-30-36(21-23-42(39)66-51)65-50(58)53-40-22-20-35(61-3)31-43(40)62-4/h5,12-13,15-16,18,20-24,29-31,34,37,45-48,56-57H,1,6-11,14,17,19,25-28,32H2,2-4H3,(H,53,58)/t34-,37+,45-,46?,47+,48+,51+/m0/s1. The van der Waals surface area contributed by atoms with Gasteiger partial charge < -0.3 is 43.5 Å². The maximum absolute atomic E-state index is 15.3. The SMILES string of the molecule is C=CCO[C@@]12Oc3ccc(OC(=O)Nc4ccc(OC)cc4OC)cc3[C@H]3[C@H](CCCCO)[C@@H](CCCCO)C=C(C(=NOC4CCCCO4)C[C@@H]1N(C)S(=O)(=O)c1cccc4cccnc14)[C@H]32. The zero-order chi connectivity index (χ0) is 47.8. The first-order chi connectivity index (χ1) is 33.1. The number of allylic oxidation sites excluding steroid dienone is 1. The number of unbranched alkanes of at least 4 members (excludes halogenated alkanes) is 2. The van der Waals surface area contributed by atoms with Gasteiger partial charge in [0.05, 0.1) is 56.3 Å². The molecule has 2 aliphatic carbocycles. The molecule has 364 valence electrons. The molecule has 2 aliphatic heterocycles. The summed E-state index contributed by atoms with van der Waals surface area (Å²) < 4.78 is 68.9. The summed E-state index contributed by atoms with van der Waals surface area (Å²) in [6, 6.07) is 17.8. The van der Waals surface area contributed by atoms with Gasteiger partial charge in [0.2, 0.25) is 22.1 Å². The highest BCUT2D eigenvalue weighted by Crippen LogP contribution is 2.62. The van der Waals surface area contributed by atoms with E-state index >= 15 is 8.42 Å². The molecule has 2 fully saturated rings. The predicted molar refractivity (Wildman–Crippen MR) is 256 cm³/mol. The van der Waals surface area contributed by atoms with Gasteiger partial charge in [-0.05, 0) is 98.4 Å². The van der Waals surface area contributed by atoms with Crippen LogP contribution in [-0.2, 0) is 24.3 Å². The van der Waals surface area contributed by atoms with Gasteiger partial charge in [0.15, 0.2) is 0 Å². The van der Waals surface area contributed by atoms with Gasteiger partial charge in [0.25, 0.3) is 0 Å². The van der Waals surface area contributed by atoms with Crippen molar-refractivity contribution in [2.45, 2.75) is 93.1 Å². The number of pyridine rings is 1. The summed E-state index contributed by atoms with van der Waals surface area (Å²) in [7, 11) is 0.232. The lowest BCUT2D eigenvalue weighted by Crippen LogP contribution is -2.69. The molecule has 3 aromatic carbocycles. The summed E-state index contributed by atoms with van der Waals surface area (Å²) in [6.45, 7) is 4.60. The number of likely N-dealkylation sites (N-methyl/N-ethyl adjacent to an activating group) is 1. The summed E-state index contributed by atoms with van der Waals surface area (Å²) in [5.74, 6) is -1.41. The molecule has 1 saturated heterocycles. The van der Waals surface area contributed by atoms with Crippen LogP contribution in [0.25, 0.3) is 10.9 Å². The Bertz CT molecular complexity index is 2600. The molecule has 0 spiro atoms. The lowest BCUT2D eigenvalue weighted by molar-refractivity contribution is -0.250. The van der Waals surface area contributed by atoms with E-state index in [0.29, 0.717) is 78.3 Å². The molecule has 4 aliphatic rings. The number of amides is 1. The van der Waals surface area contributed by atoms with Crippen LogP contribution in [0.15, 0.2) is 107 Å². The number of carbonyl (C=O) groups excluding carboxylic acids is 1. The number of methoxy groups -OCH3 is 2. The van der Waals surface area contributed by atoms with E-state index in [-0.39, 0.29) is 48.7 Å². The Hall–Kier alpha value is -5.56. The zero-order valence-electron chi connectivity index (χ0n) is 38.9. The van der Waals surface area contributed by atoms with E-state index in [4.69, 9.17) is 38.4 Å². The molecule has 8 rings (SSSR count). The second-order valence-electron chi connectivity index (χ2n) is 17.6. The van der Waals surface area contributed by atoms with E-state index in [1.807, 2.05) is 18.2 Å². The molecule has 17 heteroatoms. The number of carbonyl (C=O) groups is 1. The predicted octanol–water partition coefficient (Wildman–Crippen LogP) is 8.34. The van der Waals surface area contributed by atoms with E-state index in [0.717, 1.165) is 36.8 Å². The van der Waals surface area contributed by atoms with E-state index < -0.39 is 46.1 Å². The highest BCUT2D eigenvalue weighted by Gasteiger charge is 2.66. The van der Waals surface area contributed by atoms with Gasteiger partial charge in [-0.2, -0.15) is 4.31 Å². The monoisotopic (exact) mass is 954 g/mol. The first-order valence-corrected chi connectivity index (χ1v) is 24.9. The van der Waals surface area contributed by atoms with E-state index in [1.54, 1.807) is 67.9 Å². The van der Waals surface area contributed by atoms with Crippen molar-refractivity contribution < 1.29 is 56.7 Å². The van der Waals surface area contributed by atoms with Crippen LogP contribution >= 0.6 is 0 Å². The molecular weight excluding hydrogens is 893 g/mol. The first-order valence-electron chi connectivity index (χ1n) is 23.4. The number of nitrogens with one attached hydrogen (secondary N) is 1. The van der Waals surface area contributed by atoms with Crippen molar-refractivity contribution in [3.8, 4) is 23.0 Å². The second-order valence-corrected chi connectivity index (χ2v) is 19.6. The highest BCUT2D eigenvalue weighted by atomic mass is 32.2. The third kappa shape index (κ3) is 9.96. The van der Waals surface area contributed by atoms with Crippen LogP contribution in [0.2, 0.25) is 0 Å². The van der Waals surface area contributed by atoms with Gasteiger partial charge in [0.1, 0.15) is 27.9 Å². The second kappa shape index (κ2) is 21.8. The Balaban J connectivity index is 1.30. The normalized spacial score (nSPS) is 24.9. The summed E-state index contributed by atoms with van der Waals surface area (Å²) in [4.78, 5) is 24.4. The number of benzene rings is 3. The van der Waals surface area contributed by atoms with E-state index in [2.05, 4.69) is 23.0 Å². The minimum absolute atomic E-state index is 0.0101. The maximum Gasteiger partial charge on any atom is 0.417 e. The smallest absolute Gasteiger partial charge is 0.417 e. The Labute approximate surface area is 397 Å². The first kappa shape index (κ1) is 48.9. The molecule has 1 unspecified atom stereocenters. The number of para-hydroxylation sites is 1. The number of ether oxygens (including phenoxy) is 6. The summed E-state index contributed by atoms with van der Waals surface area (Å²) in [6.07, 6.45) is 10.6. The van der Waals surface area contributed by atoms with Gasteiger partial charge in [-0.3, -0.25) is 10.3 Å². The number of nitrogens with zero attached hydrogens (tertiary/aromatic N) is 3. The van der Waals surface area contributed by atoms with Crippen molar-refractivity contribution in [3.05, 3.63) is 103 Å². The molecule has 0 bridgehead atoms. The minimum Gasteiger partial charge on any atom is -0.497 e. The van der Waals surface area contributed by atoms with Crippen LogP contribution in [0.4, 0.5) is 10.5 Å². The largest absolute Gasteiger partial charge is 0.497 e. The highest BCUT2D eigenvalue weighted by molar-refractivity contribution is 7.89. The lowest BCUT2D eigenvalue weighted by Gasteiger charge is -2.59. The third-order valence-corrected chi connectivity index (χ3v) is 15.5. The molecular formula is C51H62N4O12S. The van der Waals surface area contributed by atoms with Gasteiger partial charge in [-0.1, -0.05) is 48.3 Å². The number of hydrogen-bond acceptors (Lipinski definition) is 14. The fraction of sp³-hybridized carbons (Fsp3) is 0.471. The molecule has 7 atom stereocenters. The number of hydrogen-bond donors (Lipinski definition) is 3. The number of oxime groups is 1. The number of aliphatic hydroxyl groups excluding tert-OH is 2. The average Bonchev–Trinajstić information content (AvgIpc) is 3.36. The van der Waals surface area contributed by atoms with Crippen molar-refractivity contribution in [2.75, 3.05) is 53.0 Å². The summed E-state index contributed by atoms with van der Waals surface area (Å²) >= 11 is 0. The average molecular weight is 955 g/mol. The van der Waals surface area contributed by atoms with Crippen molar-refractivity contribution in [1.29, 1.82) is 0 Å². The molecule has 68 heavy (non-hydrogen) atoms. The molecule has 3 N–H and O–H groups in total. The van der Waals surface area contributed by atoms with Crippen molar-refractivity contribution in [2.24, 2.45) is 22.9 Å². The fourth-order valence-electron chi connectivity index (χ4n) is 10.4. The number of aromatic nitrogens is 1. The number of anilines is 1. The summed E-state index contributed by atoms with van der Waals surface area (Å²) in [5, 5.41) is 28.3. The van der Waals surface area contributed by atoms with E-state index in [9.17, 15) is 15.0 Å². The van der Waals surface area contributed by atoms with Gasteiger partial charge >= 0.3 is 6.09 Å². The minimum atomic E-state index is -4.34. The Morgan fingerprint density at radius 1 is 1.00 bits per heavy atom. The zero-order valence-corrected chi connectivity index (χ0v) is 39.7. The number of fused-ring (bicyclic) bond motifs is 3. The molecule has 16 nitrogen and oxygen atoms in total. The van der Waals surface area contributed by atoms with Crippen LogP contribution in [0.3, 0.4) is 0 Å². The van der Waals surface area contributed by atoms with Crippen molar-refractivity contribution in [1.82, 2.24) is 9.29 Å². The Kier molecular flexibility index (Phi) is 15.7. The van der Waals surface area contributed by atoms with Crippen LogP contribution in [0.1, 0.15) is 75.7 Å². The Morgan fingerprint density at radius 2 is 1.79 bits per heavy atom. The topological polar surface area (TPSA) is 197 Å². The van der Waals surface area contributed by atoms with Crippen LogP contribution < -0.4 is 24.3 Å². The van der Waals surface area contributed by atoms with Crippen LogP contribution in [-0.4, -0.2) is 106 Å². The lowest BCUT2D eigenvalue weighted by atomic mass is 9.55. The van der Waals surface area contributed by atoms with Crippen LogP contribution in [0, 0.1) is 17.8 Å². The van der Waals surface area contributed by atoms with Gasteiger partial charge in [0, 0.05) is 62.2 Å². The third-order valence-electron chi connectivity index (χ3n) is 13.6. The van der Waals surface area contributed by atoms with Gasteiger partial charge in [-0.25, -0.2) is 13.2 Å². The fourth-order valence-corrected chi connectivity index (χ4v) is 12.0. The van der Waals surface area contributed by atoms with E-state index in [1.165, 1.54) is 18.5 Å².